The molecule has 0 bridgehead atoms. The maximum absolute atomic E-state index is 13.0. The lowest BCUT2D eigenvalue weighted by molar-refractivity contribution is -0.138. The van der Waals surface area contributed by atoms with E-state index in [0.29, 0.717) is 40.2 Å². The molecule has 2 aromatic rings. The van der Waals surface area contributed by atoms with Crippen LogP contribution in [-0.4, -0.2) is 29.2 Å². The van der Waals surface area contributed by atoms with E-state index >= 15 is 0 Å². The van der Waals surface area contributed by atoms with E-state index in [4.69, 9.17) is 16.2 Å². The molecule has 0 aromatic heterocycles. The van der Waals surface area contributed by atoms with Gasteiger partial charge in [-0.3, -0.25) is 14.5 Å². The second-order valence-corrected chi connectivity index (χ2v) is 8.96. The Morgan fingerprint density at radius 1 is 0.914 bits per heavy atom. The maximum Gasteiger partial charge on any atom is 0.331 e. The van der Waals surface area contributed by atoms with Crippen LogP contribution in [0, 0.1) is 0 Å². The quantitative estimate of drug-likeness (QED) is 0.132. The number of hydrogen-bond acceptors (Lipinski definition) is 6. The molecule has 3 rings (SSSR count). The summed E-state index contributed by atoms with van der Waals surface area (Å²) in [6, 6.07) is 10.1. The van der Waals surface area contributed by atoms with Crippen LogP contribution in [0.25, 0.3) is 6.08 Å². The first-order chi connectivity index (χ1) is 16.9. The molecule has 0 saturated heterocycles. The highest BCUT2D eigenvalue weighted by atomic mass is 16.5. The second-order valence-electron chi connectivity index (χ2n) is 8.96. The zero-order valence-electron chi connectivity index (χ0n) is 20.4. The summed E-state index contributed by atoms with van der Waals surface area (Å²) < 4.78 is 5.26. The minimum atomic E-state index is -0.573. The number of unbranched alkanes of at least 4 members (excludes halogenated alkanes) is 7. The van der Waals surface area contributed by atoms with Gasteiger partial charge in [-0.05, 0) is 47.9 Å². The molecule has 7 heteroatoms. The number of carbonyl (C=O) groups excluding carboxylic acids is 3. The van der Waals surface area contributed by atoms with Crippen LogP contribution in [0.1, 0.15) is 90.1 Å². The Morgan fingerprint density at radius 3 is 2.26 bits per heavy atom. The van der Waals surface area contributed by atoms with Gasteiger partial charge in [0.25, 0.3) is 11.8 Å². The average molecular weight is 478 g/mol. The van der Waals surface area contributed by atoms with Crippen molar-refractivity contribution in [3.8, 4) is 0 Å². The van der Waals surface area contributed by atoms with Gasteiger partial charge in [0.05, 0.1) is 11.1 Å². The fraction of sp³-hybridized carbons (Fsp3) is 0.393. The Kier molecular flexibility index (Phi) is 9.47. The van der Waals surface area contributed by atoms with E-state index in [0.717, 1.165) is 19.3 Å². The smallest absolute Gasteiger partial charge is 0.331 e. The van der Waals surface area contributed by atoms with Gasteiger partial charge < -0.3 is 16.2 Å². The molecule has 0 fully saturated rings. The molecule has 2 amide bonds. The lowest BCUT2D eigenvalue weighted by Gasteiger charge is -2.13. The number of carbonyl (C=O) groups is 3. The minimum absolute atomic E-state index is 0.0229. The summed E-state index contributed by atoms with van der Waals surface area (Å²) >= 11 is 0. The van der Waals surface area contributed by atoms with E-state index in [2.05, 4.69) is 6.92 Å². The van der Waals surface area contributed by atoms with Gasteiger partial charge >= 0.3 is 5.97 Å². The van der Waals surface area contributed by atoms with Gasteiger partial charge in [0.15, 0.2) is 0 Å². The molecule has 35 heavy (non-hydrogen) atoms. The maximum atomic E-state index is 13.0. The summed E-state index contributed by atoms with van der Waals surface area (Å²) in [5.41, 5.74) is 14.4. The van der Waals surface area contributed by atoms with Crippen molar-refractivity contribution < 1.29 is 19.1 Å². The highest BCUT2D eigenvalue weighted by Crippen LogP contribution is 2.27. The number of esters is 1. The molecular weight excluding hydrogens is 442 g/mol. The van der Waals surface area contributed by atoms with Crippen LogP contribution in [-0.2, 0) is 16.1 Å². The molecule has 0 spiro atoms. The van der Waals surface area contributed by atoms with E-state index in [-0.39, 0.29) is 18.4 Å². The van der Waals surface area contributed by atoms with Crippen molar-refractivity contribution in [2.24, 2.45) is 0 Å². The molecule has 2 aromatic carbocycles. The summed E-state index contributed by atoms with van der Waals surface area (Å²) in [6.07, 6.45) is 11.9. The fourth-order valence-electron chi connectivity index (χ4n) is 4.29. The van der Waals surface area contributed by atoms with Gasteiger partial charge in [0.1, 0.15) is 6.61 Å². The number of rotatable bonds is 13. The lowest BCUT2D eigenvalue weighted by atomic mass is 10.0. The first-order valence-corrected chi connectivity index (χ1v) is 12.4. The summed E-state index contributed by atoms with van der Waals surface area (Å²) in [7, 11) is 0. The van der Waals surface area contributed by atoms with Gasteiger partial charge in [0, 0.05) is 24.0 Å². The molecule has 186 valence electrons. The summed E-state index contributed by atoms with van der Waals surface area (Å²) in [6.45, 7) is 2.64. The highest BCUT2D eigenvalue weighted by Gasteiger charge is 2.36. The molecule has 0 unspecified atom stereocenters. The number of imide groups is 1. The molecule has 0 saturated carbocycles. The summed E-state index contributed by atoms with van der Waals surface area (Å²) in [5.74, 6) is -1.15. The molecule has 0 aliphatic carbocycles. The third kappa shape index (κ3) is 7.18. The number of nitrogens with zero attached hydrogens (tertiary/aromatic N) is 1. The van der Waals surface area contributed by atoms with Crippen LogP contribution < -0.4 is 11.5 Å². The van der Waals surface area contributed by atoms with Crippen molar-refractivity contribution in [1.82, 2.24) is 4.90 Å². The van der Waals surface area contributed by atoms with E-state index in [1.165, 1.54) is 49.2 Å². The highest BCUT2D eigenvalue weighted by molar-refractivity contribution is 6.22. The second kappa shape index (κ2) is 12.7. The standard InChI is InChI=1S/C28H35N3O4/c1-2-3-4-5-6-7-8-9-15-31-27(33)24-12-10-11-21(26(24)28(31)34)13-14-25(32)35-19-20-16-22(29)18-23(30)17-20/h10-14,16-18H,2-9,15,19,29-30H2,1H3/b14-13+. The zero-order chi connectivity index (χ0) is 25.2. The monoisotopic (exact) mass is 477 g/mol. The van der Waals surface area contributed by atoms with Gasteiger partial charge in [-0.15, -0.1) is 0 Å². The van der Waals surface area contributed by atoms with E-state index in [1.54, 1.807) is 36.4 Å². The van der Waals surface area contributed by atoms with Gasteiger partial charge in [-0.2, -0.15) is 0 Å². The Morgan fingerprint density at radius 2 is 1.57 bits per heavy atom. The van der Waals surface area contributed by atoms with Crippen LogP contribution in [0.4, 0.5) is 11.4 Å². The molecule has 0 radical (unpaired) electrons. The van der Waals surface area contributed by atoms with Crippen LogP contribution >= 0.6 is 0 Å². The lowest BCUT2D eigenvalue weighted by Crippen LogP contribution is -2.30. The third-order valence-corrected chi connectivity index (χ3v) is 6.08. The molecule has 1 aliphatic rings. The van der Waals surface area contributed by atoms with E-state index in [1.807, 2.05) is 0 Å². The summed E-state index contributed by atoms with van der Waals surface area (Å²) in [4.78, 5) is 39.4. The van der Waals surface area contributed by atoms with Gasteiger partial charge in [-0.25, -0.2) is 4.79 Å². The number of nitrogens with two attached hydrogens (primary N) is 2. The van der Waals surface area contributed by atoms with Crippen molar-refractivity contribution in [2.75, 3.05) is 18.0 Å². The van der Waals surface area contributed by atoms with Crippen molar-refractivity contribution in [3.05, 3.63) is 64.7 Å². The SMILES string of the molecule is CCCCCCCCCCN1C(=O)c2cccc(/C=C/C(=O)OCc3cc(N)cc(N)c3)c2C1=O. The largest absolute Gasteiger partial charge is 0.458 e. The predicted molar refractivity (Wildman–Crippen MR) is 139 cm³/mol. The van der Waals surface area contributed by atoms with Crippen LogP contribution in [0.3, 0.4) is 0 Å². The van der Waals surface area contributed by atoms with Crippen LogP contribution in [0.5, 0.6) is 0 Å². The van der Waals surface area contributed by atoms with Crippen molar-refractivity contribution in [1.29, 1.82) is 0 Å². The predicted octanol–water partition coefficient (Wildman–Crippen LogP) is 5.34. The third-order valence-electron chi connectivity index (χ3n) is 6.08. The fourth-order valence-corrected chi connectivity index (χ4v) is 4.29. The molecule has 4 N–H and O–H groups in total. The van der Waals surface area contributed by atoms with Crippen molar-refractivity contribution in [3.63, 3.8) is 0 Å². The van der Waals surface area contributed by atoms with Gasteiger partial charge in [0.2, 0.25) is 0 Å². The Hall–Kier alpha value is -3.61. The van der Waals surface area contributed by atoms with Crippen molar-refractivity contribution >= 4 is 35.2 Å². The number of amides is 2. The number of benzene rings is 2. The number of fused-ring (bicyclic) bond motifs is 1. The number of nitrogen functional groups attached to an aromatic ring is 2. The molecule has 0 atom stereocenters. The number of hydrogen-bond donors (Lipinski definition) is 2. The van der Waals surface area contributed by atoms with Gasteiger partial charge in [-0.1, -0.05) is 64.0 Å². The minimum Gasteiger partial charge on any atom is -0.458 e. The van der Waals surface area contributed by atoms with E-state index < -0.39 is 5.97 Å². The van der Waals surface area contributed by atoms with Crippen LogP contribution in [0.15, 0.2) is 42.5 Å². The van der Waals surface area contributed by atoms with Crippen LogP contribution in [0.2, 0.25) is 0 Å². The Bertz CT molecular complexity index is 1070. The summed E-state index contributed by atoms with van der Waals surface area (Å²) in [5, 5.41) is 0. The number of anilines is 2. The molecule has 7 nitrogen and oxygen atoms in total. The molecular formula is C28H35N3O4. The Labute approximate surface area is 207 Å². The topological polar surface area (TPSA) is 116 Å². The molecule has 1 heterocycles. The van der Waals surface area contributed by atoms with E-state index in [9.17, 15) is 14.4 Å². The first kappa shape index (κ1) is 26.0. The zero-order valence-corrected chi connectivity index (χ0v) is 20.4. The van der Waals surface area contributed by atoms with Crippen molar-refractivity contribution in [2.45, 2.75) is 64.9 Å². The number of ether oxygens (including phenoxy) is 1. The first-order valence-electron chi connectivity index (χ1n) is 12.4. The Balaban J connectivity index is 1.55. The molecule has 1 aliphatic heterocycles. The average Bonchev–Trinajstić information content (AvgIpc) is 3.07. The normalized spacial score (nSPS) is 13.0.